The maximum atomic E-state index is 3.20. The van der Waals surface area contributed by atoms with Gasteiger partial charge >= 0.3 is 0 Å². The minimum atomic E-state index is 0.178. The van der Waals surface area contributed by atoms with E-state index in [1.165, 1.54) is 11.3 Å². The van der Waals surface area contributed by atoms with Crippen molar-refractivity contribution >= 4 is 57.1 Å². The Hall–Kier alpha value is 0.280. The molecule has 0 heterocycles. The zero-order valence-corrected chi connectivity index (χ0v) is 12.8. The molecular formula is C10H14I2N2. The number of rotatable bonds is 2. The molecule has 0 atom stereocenters. The van der Waals surface area contributed by atoms with Crippen molar-refractivity contribution in [2.75, 3.05) is 7.06 Å². The van der Waals surface area contributed by atoms with E-state index in [9.17, 15) is 0 Å². The average Bonchev–Trinajstić information content (AvgIpc) is 2.15. The van der Waals surface area contributed by atoms with Gasteiger partial charge in [-0.2, -0.15) is 0 Å². The molecule has 1 aromatic carbocycles. The van der Waals surface area contributed by atoms with Crippen molar-refractivity contribution in [2.24, 2.45) is 0 Å². The minimum absolute atomic E-state index is 0.178. The normalized spacial score (nSPS) is 11.2. The molecule has 0 spiro atoms. The fourth-order valence-corrected chi connectivity index (χ4v) is 2.12. The molecule has 0 amide bonds. The Balaban J connectivity index is 3.18. The summed E-state index contributed by atoms with van der Waals surface area (Å²) in [5.41, 5.74) is 3.82. The molecule has 0 bridgehead atoms. The van der Waals surface area contributed by atoms with E-state index in [0.29, 0.717) is 0 Å². The van der Waals surface area contributed by atoms with Gasteiger partial charge in [-0.1, -0.05) is 26.8 Å². The highest BCUT2D eigenvalue weighted by molar-refractivity contribution is 14.1. The van der Waals surface area contributed by atoms with Crippen LogP contribution < -0.4 is 7.06 Å². The van der Waals surface area contributed by atoms with E-state index in [1.807, 2.05) is 0 Å². The molecule has 14 heavy (non-hydrogen) atoms. The third-order valence-electron chi connectivity index (χ3n) is 2.04. The van der Waals surface area contributed by atoms with Crippen LogP contribution in [0, 0.1) is 0 Å². The molecule has 0 aliphatic carbocycles. The lowest BCUT2D eigenvalue weighted by Gasteiger charge is -2.22. The summed E-state index contributed by atoms with van der Waals surface area (Å²) in [6, 6.07) is 6.39. The van der Waals surface area contributed by atoms with Gasteiger partial charge in [0.15, 0.2) is 0 Å². The molecule has 0 aliphatic rings. The van der Waals surface area contributed by atoms with Crippen LogP contribution in [0.3, 0.4) is 0 Å². The van der Waals surface area contributed by atoms with Crippen LogP contribution in [0.4, 0.5) is 11.4 Å². The molecule has 2 nitrogen and oxygen atoms in total. The summed E-state index contributed by atoms with van der Waals surface area (Å²) >= 11 is 4.31. The number of nitrogens with one attached hydrogen (secondary N) is 2. The van der Waals surface area contributed by atoms with Crippen molar-refractivity contribution in [3.8, 4) is 0 Å². The summed E-state index contributed by atoms with van der Waals surface area (Å²) in [5.74, 6) is 0. The maximum Gasteiger partial charge on any atom is 0.0560 e. The van der Waals surface area contributed by atoms with Crippen LogP contribution in [0.5, 0.6) is 0 Å². The van der Waals surface area contributed by atoms with E-state index < -0.39 is 0 Å². The highest BCUT2D eigenvalue weighted by atomic mass is 127. The Morgan fingerprint density at radius 3 is 2.14 bits per heavy atom. The second-order valence-corrected chi connectivity index (χ2v) is 5.28. The third-order valence-corrected chi connectivity index (χ3v) is 3.24. The number of halogens is 2. The second-order valence-electron chi connectivity index (χ2n) is 4.20. The van der Waals surface area contributed by atoms with E-state index in [1.54, 1.807) is 0 Å². The van der Waals surface area contributed by atoms with Gasteiger partial charge in [-0.05, 0) is 23.1 Å². The van der Waals surface area contributed by atoms with E-state index in [4.69, 9.17) is 0 Å². The Morgan fingerprint density at radius 1 is 1.07 bits per heavy atom. The van der Waals surface area contributed by atoms with Gasteiger partial charge in [-0.25, -0.2) is 0 Å². The first-order valence-corrected chi connectivity index (χ1v) is 6.52. The van der Waals surface area contributed by atoms with Crippen LogP contribution in [0.2, 0.25) is 0 Å². The highest BCUT2D eigenvalue weighted by Crippen LogP contribution is 2.32. The number of hydrogen-bond acceptors (Lipinski definition) is 2. The van der Waals surface area contributed by atoms with Crippen LogP contribution in [0.15, 0.2) is 18.2 Å². The molecule has 0 saturated heterocycles. The molecule has 1 aromatic rings. The fraction of sp³-hybridized carbons (Fsp3) is 0.400. The molecule has 0 saturated carbocycles. The molecule has 2 N–H and O–H groups in total. The van der Waals surface area contributed by atoms with Gasteiger partial charge in [0.1, 0.15) is 0 Å². The van der Waals surface area contributed by atoms with Crippen LogP contribution >= 0.6 is 45.7 Å². The highest BCUT2D eigenvalue weighted by Gasteiger charge is 2.17. The average molecular weight is 416 g/mol. The van der Waals surface area contributed by atoms with Gasteiger partial charge in [-0.15, -0.1) is 0 Å². The SMILES string of the molecule is CC(C)(C)c1ccc(NI)cc1NI. The summed E-state index contributed by atoms with van der Waals surface area (Å²) in [6.45, 7) is 6.66. The molecular weight excluding hydrogens is 402 g/mol. The van der Waals surface area contributed by atoms with Crippen molar-refractivity contribution in [3.05, 3.63) is 23.8 Å². The lowest BCUT2D eigenvalue weighted by atomic mass is 9.86. The smallest absolute Gasteiger partial charge is 0.0560 e. The maximum absolute atomic E-state index is 3.20. The molecule has 0 radical (unpaired) electrons. The summed E-state index contributed by atoms with van der Waals surface area (Å²) in [7, 11) is 0. The zero-order valence-electron chi connectivity index (χ0n) is 8.49. The van der Waals surface area contributed by atoms with Crippen molar-refractivity contribution < 1.29 is 0 Å². The predicted octanol–water partition coefficient (Wildman–Crippen LogP) is 4.51. The Kier molecular flexibility index (Phi) is 4.30. The first-order chi connectivity index (χ1) is 6.49. The van der Waals surface area contributed by atoms with E-state index in [0.717, 1.165) is 5.69 Å². The summed E-state index contributed by atoms with van der Waals surface area (Å²) in [4.78, 5) is 0. The van der Waals surface area contributed by atoms with E-state index in [2.05, 4.69) is 91.8 Å². The molecule has 4 heteroatoms. The quantitative estimate of drug-likeness (QED) is 0.548. The van der Waals surface area contributed by atoms with E-state index >= 15 is 0 Å². The lowest BCUT2D eigenvalue weighted by molar-refractivity contribution is 0.593. The van der Waals surface area contributed by atoms with Crippen LogP contribution in [0.1, 0.15) is 26.3 Å². The Bertz CT molecular complexity index is 318. The van der Waals surface area contributed by atoms with Gasteiger partial charge in [0.25, 0.3) is 0 Å². The monoisotopic (exact) mass is 416 g/mol. The Labute approximate surface area is 113 Å². The standard InChI is InChI=1S/C10H14I2N2/c1-10(2,3)8-5-4-7(13-11)6-9(8)14-12/h4-6,13-14H,1-3H3. The van der Waals surface area contributed by atoms with Gasteiger partial charge in [0.2, 0.25) is 0 Å². The summed E-state index contributed by atoms with van der Waals surface area (Å²) < 4.78 is 6.31. The molecule has 78 valence electrons. The topological polar surface area (TPSA) is 24.1 Å². The molecule has 0 unspecified atom stereocenters. The van der Waals surface area contributed by atoms with Crippen LogP contribution in [0.25, 0.3) is 0 Å². The molecule has 1 rings (SSSR count). The first-order valence-electron chi connectivity index (χ1n) is 4.37. The predicted molar refractivity (Wildman–Crippen MR) is 80.4 cm³/mol. The Morgan fingerprint density at radius 2 is 1.71 bits per heavy atom. The van der Waals surface area contributed by atoms with Crippen molar-refractivity contribution in [2.45, 2.75) is 26.2 Å². The fourth-order valence-electron chi connectivity index (χ4n) is 1.34. The van der Waals surface area contributed by atoms with E-state index in [-0.39, 0.29) is 5.41 Å². The molecule has 0 aromatic heterocycles. The second kappa shape index (κ2) is 4.87. The number of hydrogen-bond donors (Lipinski definition) is 2. The van der Waals surface area contributed by atoms with Crippen molar-refractivity contribution in [1.82, 2.24) is 0 Å². The zero-order chi connectivity index (χ0) is 10.8. The summed E-state index contributed by atoms with van der Waals surface area (Å²) in [6.07, 6.45) is 0. The van der Waals surface area contributed by atoms with Crippen LogP contribution in [-0.4, -0.2) is 0 Å². The van der Waals surface area contributed by atoms with Gasteiger partial charge in [0, 0.05) is 11.4 Å². The van der Waals surface area contributed by atoms with Gasteiger partial charge < -0.3 is 7.06 Å². The molecule has 0 fully saturated rings. The number of anilines is 2. The third kappa shape index (κ3) is 2.88. The first kappa shape index (κ1) is 12.4. The minimum Gasteiger partial charge on any atom is -0.328 e. The summed E-state index contributed by atoms with van der Waals surface area (Å²) in [5, 5.41) is 0. The molecule has 0 aliphatic heterocycles. The van der Waals surface area contributed by atoms with Crippen molar-refractivity contribution in [3.63, 3.8) is 0 Å². The van der Waals surface area contributed by atoms with Gasteiger partial charge in [0.05, 0.1) is 45.7 Å². The lowest BCUT2D eigenvalue weighted by Crippen LogP contribution is -2.12. The largest absolute Gasteiger partial charge is 0.328 e. The van der Waals surface area contributed by atoms with Gasteiger partial charge in [-0.3, -0.25) is 0 Å². The number of benzene rings is 1. The van der Waals surface area contributed by atoms with Crippen molar-refractivity contribution in [1.29, 1.82) is 0 Å². The van der Waals surface area contributed by atoms with Crippen LogP contribution in [-0.2, 0) is 5.41 Å².